The maximum Gasteiger partial charge on any atom is 0.101 e. The third kappa shape index (κ3) is 4.38. The first-order valence-corrected chi connectivity index (χ1v) is 16.3. The maximum absolute atomic E-state index is 9.95. The highest BCUT2D eigenvalue weighted by Crippen LogP contribution is 2.40. The predicted molar refractivity (Wildman–Crippen MR) is 200 cm³/mol. The van der Waals surface area contributed by atoms with Gasteiger partial charge in [-0.2, -0.15) is 15.8 Å². The predicted octanol–water partition coefficient (Wildman–Crippen LogP) is 10.8. The van der Waals surface area contributed by atoms with E-state index in [0.29, 0.717) is 16.7 Å². The van der Waals surface area contributed by atoms with Crippen LogP contribution in [0.2, 0.25) is 0 Å². The SMILES string of the molecule is N#Cc1ccc(-n2c3ccccc3c3cccc(-c4cccc(-c5ccc6c(c5)c5cc(C#N)ccc5n6-c5ccccc5C#N)c4)c32)cc1. The van der Waals surface area contributed by atoms with Crippen molar-refractivity contribution in [3.8, 4) is 51.8 Å². The van der Waals surface area contributed by atoms with Crippen LogP contribution in [0.4, 0.5) is 0 Å². The van der Waals surface area contributed by atoms with Crippen LogP contribution in [0.3, 0.4) is 0 Å². The lowest BCUT2D eigenvalue weighted by atomic mass is 9.96. The van der Waals surface area contributed by atoms with E-state index in [-0.39, 0.29) is 0 Å². The molecule has 0 amide bonds. The molecule has 0 bridgehead atoms. The molecule has 0 fully saturated rings. The van der Waals surface area contributed by atoms with E-state index in [1.54, 1.807) is 0 Å². The standard InChI is InChI=1S/C45H25N5/c46-26-29-15-19-35(20-16-29)49-42-14-4-2-10-37(42)38-12-6-11-36(45(38)49)33-9-5-8-31(24-33)32-18-22-44-40(25-32)39-23-30(27-47)17-21-43(39)50(44)41-13-3-1-7-34(41)28-48/h1-25H. The van der Waals surface area contributed by atoms with Crippen molar-refractivity contribution in [2.24, 2.45) is 0 Å². The highest BCUT2D eigenvalue weighted by molar-refractivity contribution is 6.14. The van der Waals surface area contributed by atoms with Gasteiger partial charge in [-0.15, -0.1) is 0 Å². The molecular weight excluding hydrogens is 611 g/mol. The average Bonchev–Trinajstić information content (AvgIpc) is 3.70. The van der Waals surface area contributed by atoms with Crippen LogP contribution in [0.25, 0.3) is 77.2 Å². The lowest BCUT2D eigenvalue weighted by molar-refractivity contribution is 1.17. The molecule has 0 spiro atoms. The third-order valence-corrected chi connectivity index (χ3v) is 9.62. The monoisotopic (exact) mass is 635 g/mol. The summed E-state index contributed by atoms with van der Waals surface area (Å²) in [5.41, 5.74) is 12.0. The van der Waals surface area contributed by atoms with Gasteiger partial charge in [-0.3, -0.25) is 0 Å². The second-order valence-corrected chi connectivity index (χ2v) is 12.3. The summed E-state index contributed by atoms with van der Waals surface area (Å²) < 4.78 is 4.41. The maximum atomic E-state index is 9.95. The molecule has 2 aromatic heterocycles. The molecule has 0 aliphatic rings. The normalized spacial score (nSPS) is 11.1. The number of nitriles is 3. The summed E-state index contributed by atoms with van der Waals surface area (Å²) in [5, 5.41) is 33.5. The number of fused-ring (bicyclic) bond motifs is 6. The number of rotatable bonds is 4. The summed E-state index contributed by atoms with van der Waals surface area (Å²) in [6, 6.07) is 57.9. The van der Waals surface area contributed by atoms with Gasteiger partial charge in [0.05, 0.1) is 56.6 Å². The Morgan fingerprint density at radius 1 is 0.400 bits per heavy atom. The Balaban J connectivity index is 1.25. The fraction of sp³-hybridized carbons (Fsp3) is 0. The van der Waals surface area contributed by atoms with E-state index in [0.717, 1.165) is 71.9 Å². The van der Waals surface area contributed by atoms with Crippen molar-refractivity contribution < 1.29 is 0 Å². The van der Waals surface area contributed by atoms with Crippen LogP contribution in [-0.2, 0) is 0 Å². The van der Waals surface area contributed by atoms with E-state index in [4.69, 9.17) is 0 Å². The van der Waals surface area contributed by atoms with Crippen LogP contribution in [-0.4, -0.2) is 9.13 Å². The molecule has 0 aliphatic heterocycles. The molecule has 0 saturated heterocycles. The van der Waals surface area contributed by atoms with Gasteiger partial charge in [0.15, 0.2) is 0 Å². The number of nitrogens with zero attached hydrogens (tertiary/aromatic N) is 5. The van der Waals surface area contributed by atoms with E-state index in [9.17, 15) is 15.8 Å². The van der Waals surface area contributed by atoms with Crippen molar-refractivity contribution in [2.75, 3.05) is 0 Å². The molecule has 0 aliphatic carbocycles. The Bertz CT molecular complexity index is 2960. The van der Waals surface area contributed by atoms with Crippen LogP contribution in [0.5, 0.6) is 0 Å². The quantitative estimate of drug-likeness (QED) is 0.193. The van der Waals surface area contributed by atoms with E-state index >= 15 is 0 Å². The lowest BCUT2D eigenvalue weighted by Gasteiger charge is -2.13. The second kappa shape index (κ2) is 11.4. The summed E-state index contributed by atoms with van der Waals surface area (Å²) in [6.07, 6.45) is 0. The van der Waals surface area contributed by atoms with Gasteiger partial charge in [-0.1, -0.05) is 72.8 Å². The summed E-state index contributed by atoms with van der Waals surface area (Å²) in [7, 11) is 0. The molecule has 0 saturated carbocycles. The van der Waals surface area contributed by atoms with Crippen LogP contribution in [0, 0.1) is 34.0 Å². The number of aromatic nitrogens is 2. The minimum atomic E-state index is 0.583. The van der Waals surface area contributed by atoms with Gasteiger partial charge in [-0.25, -0.2) is 0 Å². The number of hydrogen-bond acceptors (Lipinski definition) is 3. The van der Waals surface area contributed by atoms with Crippen molar-refractivity contribution in [2.45, 2.75) is 0 Å². The Hall–Kier alpha value is -7.39. The molecule has 230 valence electrons. The van der Waals surface area contributed by atoms with Crippen LogP contribution in [0.1, 0.15) is 16.7 Å². The molecule has 0 N–H and O–H groups in total. The molecular formula is C45H25N5. The van der Waals surface area contributed by atoms with Crippen molar-refractivity contribution in [3.63, 3.8) is 0 Å². The van der Waals surface area contributed by atoms with Gasteiger partial charge in [-0.05, 0) is 95.6 Å². The Labute approximate surface area is 287 Å². The zero-order valence-electron chi connectivity index (χ0n) is 26.7. The van der Waals surface area contributed by atoms with E-state index in [1.165, 1.54) is 5.39 Å². The van der Waals surface area contributed by atoms with E-state index < -0.39 is 0 Å². The molecule has 0 radical (unpaired) electrons. The highest BCUT2D eigenvalue weighted by atomic mass is 15.0. The molecule has 5 heteroatoms. The number of hydrogen-bond donors (Lipinski definition) is 0. The van der Waals surface area contributed by atoms with Gasteiger partial charge in [0, 0.05) is 32.8 Å². The number of para-hydroxylation sites is 3. The minimum absolute atomic E-state index is 0.583. The molecule has 9 rings (SSSR count). The summed E-state index contributed by atoms with van der Waals surface area (Å²) in [5.74, 6) is 0. The molecule has 7 aromatic carbocycles. The molecule has 5 nitrogen and oxygen atoms in total. The zero-order chi connectivity index (χ0) is 33.8. The van der Waals surface area contributed by atoms with E-state index in [2.05, 4.69) is 112 Å². The number of benzene rings is 7. The minimum Gasteiger partial charge on any atom is -0.309 e. The van der Waals surface area contributed by atoms with Crippen LogP contribution >= 0.6 is 0 Å². The highest BCUT2D eigenvalue weighted by Gasteiger charge is 2.18. The summed E-state index contributed by atoms with van der Waals surface area (Å²) in [4.78, 5) is 0. The van der Waals surface area contributed by atoms with Gasteiger partial charge < -0.3 is 9.13 Å². The molecule has 50 heavy (non-hydrogen) atoms. The largest absolute Gasteiger partial charge is 0.309 e. The summed E-state index contributed by atoms with van der Waals surface area (Å²) in [6.45, 7) is 0. The van der Waals surface area contributed by atoms with Gasteiger partial charge in [0.25, 0.3) is 0 Å². The van der Waals surface area contributed by atoms with Gasteiger partial charge in [0.2, 0.25) is 0 Å². The molecule has 9 aromatic rings. The summed E-state index contributed by atoms with van der Waals surface area (Å²) >= 11 is 0. The Kier molecular flexibility index (Phi) is 6.56. The Morgan fingerprint density at radius 3 is 1.86 bits per heavy atom. The molecule has 0 atom stereocenters. The third-order valence-electron chi connectivity index (χ3n) is 9.62. The smallest absolute Gasteiger partial charge is 0.101 e. The lowest BCUT2D eigenvalue weighted by Crippen LogP contribution is -1.97. The topological polar surface area (TPSA) is 81.2 Å². The van der Waals surface area contributed by atoms with Crippen molar-refractivity contribution in [3.05, 3.63) is 168 Å². The van der Waals surface area contributed by atoms with Gasteiger partial charge >= 0.3 is 0 Å². The first kappa shape index (κ1) is 28.8. The van der Waals surface area contributed by atoms with Crippen LogP contribution < -0.4 is 0 Å². The van der Waals surface area contributed by atoms with Crippen LogP contribution in [0.15, 0.2) is 152 Å². The molecule has 2 heterocycles. The fourth-order valence-corrected chi connectivity index (χ4v) is 7.37. The van der Waals surface area contributed by atoms with Gasteiger partial charge in [0.1, 0.15) is 6.07 Å². The Morgan fingerprint density at radius 2 is 1.04 bits per heavy atom. The van der Waals surface area contributed by atoms with E-state index in [1.807, 2.05) is 66.7 Å². The van der Waals surface area contributed by atoms with Crippen molar-refractivity contribution in [1.82, 2.24) is 9.13 Å². The first-order chi connectivity index (χ1) is 24.7. The average molecular weight is 636 g/mol. The van der Waals surface area contributed by atoms with Crippen molar-refractivity contribution >= 4 is 43.6 Å². The molecule has 0 unspecified atom stereocenters. The fourth-order valence-electron chi connectivity index (χ4n) is 7.37. The second-order valence-electron chi connectivity index (χ2n) is 12.3. The first-order valence-electron chi connectivity index (χ1n) is 16.3. The zero-order valence-corrected chi connectivity index (χ0v) is 26.7. The van der Waals surface area contributed by atoms with Crippen molar-refractivity contribution in [1.29, 1.82) is 15.8 Å².